The highest BCUT2D eigenvalue weighted by Gasteiger charge is 2.27. The van der Waals surface area contributed by atoms with Crippen LogP contribution in [-0.4, -0.2) is 89.9 Å². The maximum atomic E-state index is 12.9. The topological polar surface area (TPSA) is 78.9 Å². The minimum Gasteiger partial charge on any atom is -0.481 e. The molecule has 2 aromatic rings. The smallest absolute Gasteiger partial charge is 0.255 e. The molecule has 31 heavy (non-hydrogen) atoms. The van der Waals surface area contributed by atoms with Gasteiger partial charge in [0.05, 0.1) is 18.2 Å². The number of hydrogen-bond donors (Lipinski definition) is 0. The zero-order valence-corrected chi connectivity index (χ0v) is 18.2. The lowest BCUT2D eigenvalue weighted by Gasteiger charge is -2.33. The van der Waals surface area contributed by atoms with Crippen molar-refractivity contribution >= 4 is 11.8 Å². The molecule has 1 unspecified atom stereocenters. The third kappa shape index (κ3) is 4.85. The Labute approximate surface area is 182 Å². The molecular formula is C23H29N5O3. The summed E-state index contributed by atoms with van der Waals surface area (Å²) in [4.78, 5) is 40.3. The normalized spacial score (nSPS) is 19.9. The first-order valence-electron chi connectivity index (χ1n) is 10.8. The van der Waals surface area contributed by atoms with E-state index in [0.717, 1.165) is 51.3 Å². The predicted octanol–water partition coefficient (Wildman–Crippen LogP) is 1.89. The number of methoxy groups -OCH3 is 1. The minimum atomic E-state index is -0.0262. The number of rotatable bonds is 4. The Morgan fingerprint density at radius 2 is 1.58 bits per heavy atom. The van der Waals surface area contributed by atoms with Gasteiger partial charge in [-0.05, 0) is 38.1 Å². The molecule has 0 aliphatic carbocycles. The van der Waals surface area contributed by atoms with Crippen LogP contribution in [0.25, 0.3) is 0 Å². The van der Waals surface area contributed by atoms with E-state index in [2.05, 4.69) is 21.9 Å². The summed E-state index contributed by atoms with van der Waals surface area (Å²) in [6.07, 6.45) is 5.14. The fraction of sp³-hybridized carbons (Fsp3) is 0.478. The van der Waals surface area contributed by atoms with Gasteiger partial charge in [-0.15, -0.1) is 0 Å². The lowest BCUT2D eigenvalue weighted by Crippen LogP contribution is -2.47. The highest BCUT2D eigenvalue weighted by atomic mass is 16.5. The first-order chi connectivity index (χ1) is 15.0. The van der Waals surface area contributed by atoms with Crippen LogP contribution in [0, 0.1) is 0 Å². The summed E-state index contributed by atoms with van der Waals surface area (Å²) in [5.41, 5.74) is 2.11. The molecule has 2 saturated heterocycles. The number of carbonyl (C=O) groups excluding carboxylic acids is 2. The third-order valence-corrected chi connectivity index (χ3v) is 6.14. The van der Waals surface area contributed by atoms with Gasteiger partial charge >= 0.3 is 0 Å². The number of piperidine rings is 1. The second kappa shape index (κ2) is 9.43. The summed E-state index contributed by atoms with van der Waals surface area (Å²) in [5, 5.41) is 0. The highest BCUT2D eigenvalue weighted by Crippen LogP contribution is 2.27. The Morgan fingerprint density at radius 1 is 0.903 bits per heavy atom. The quantitative estimate of drug-likeness (QED) is 0.747. The van der Waals surface area contributed by atoms with Crippen LogP contribution < -0.4 is 4.74 Å². The number of amides is 2. The molecule has 4 rings (SSSR count). The summed E-state index contributed by atoms with van der Waals surface area (Å²) in [7, 11) is 3.62. The first-order valence-corrected chi connectivity index (χ1v) is 10.8. The van der Waals surface area contributed by atoms with E-state index in [1.165, 1.54) is 0 Å². The van der Waals surface area contributed by atoms with Gasteiger partial charge in [-0.1, -0.05) is 0 Å². The van der Waals surface area contributed by atoms with Gasteiger partial charge in [0.1, 0.15) is 0 Å². The van der Waals surface area contributed by atoms with E-state index in [4.69, 9.17) is 4.74 Å². The number of hydrogen-bond acceptors (Lipinski definition) is 6. The Morgan fingerprint density at radius 3 is 2.19 bits per heavy atom. The standard InChI is InChI=1S/C23H29N5O3/c1-26-10-12-27(13-11-26)22(29)17-5-7-20(24-14-17)19-4-3-9-28(16-19)23(30)18-6-8-21(31-2)25-15-18/h5-8,14-15,19H,3-4,9-13,16H2,1-2H3. The van der Waals surface area contributed by atoms with Crippen molar-refractivity contribution in [3.05, 3.63) is 53.5 Å². The van der Waals surface area contributed by atoms with Crippen molar-refractivity contribution in [3.8, 4) is 5.88 Å². The van der Waals surface area contributed by atoms with Crippen molar-refractivity contribution in [2.75, 3.05) is 53.4 Å². The zero-order valence-electron chi connectivity index (χ0n) is 18.2. The molecular weight excluding hydrogens is 394 g/mol. The Hall–Kier alpha value is -3.00. The molecule has 2 fully saturated rings. The van der Waals surface area contributed by atoms with E-state index in [9.17, 15) is 9.59 Å². The Bertz CT molecular complexity index is 908. The molecule has 0 spiro atoms. The SMILES string of the molecule is COc1ccc(C(=O)N2CCCC(c3ccc(C(=O)N4CCN(C)CC4)cn3)C2)cn1. The molecule has 0 radical (unpaired) electrons. The summed E-state index contributed by atoms with van der Waals surface area (Å²) in [6.45, 7) is 4.62. The van der Waals surface area contributed by atoms with Crippen LogP contribution in [0.4, 0.5) is 0 Å². The maximum Gasteiger partial charge on any atom is 0.255 e. The van der Waals surface area contributed by atoms with Gasteiger partial charge in [0.25, 0.3) is 11.8 Å². The number of aromatic nitrogens is 2. The van der Waals surface area contributed by atoms with Gasteiger partial charge in [-0.25, -0.2) is 4.98 Å². The molecule has 2 aliphatic heterocycles. The fourth-order valence-electron chi connectivity index (χ4n) is 4.18. The minimum absolute atomic E-state index is 0.0262. The third-order valence-electron chi connectivity index (χ3n) is 6.14. The van der Waals surface area contributed by atoms with Crippen LogP contribution >= 0.6 is 0 Å². The molecule has 0 saturated carbocycles. The molecule has 4 heterocycles. The fourth-order valence-corrected chi connectivity index (χ4v) is 4.18. The van der Waals surface area contributed by atoms with E-state index in [1.54, 1.807) is 31.6 Å². The largest absolute Gasteiger partial charge is 0.481 e. The van der Waals surface area contributed by atoms with Gasteiger partial charge < -0.3 is 19.4 Å². The first kappa shape index (κ1) is 21.2. The Kier molecular flexibility index (Phi) is 6.46. The number of piperazine rings is 1. The van der Waals surface area contributed by atoms with Gasteiger partial charge in [0, 0.05) is 69.3 Å². The number of pyridine rings is 2. The molecule has 0 aromatic carbocycles. The molecule has 8 heteroatoms. The van der Waals surface area contributed by atoms with E-state index >= 15 is 0 Å². The maximum absolute atomic E-state index is 12.9. The van der Waals surface area contributed by atoms with Crippen LogP contribution in [0.5, 0.6) is 5.88 Å². The average molecular weight is 424 g/mol. The molecule has 164 valence electrons. The van der Waals surface area contributed by atoms with Crippen molar-refractivity contribution < 1.29 is 14.3 Å². The average Bonchev–Trinajstić information content (AvgIpc) is 2.84. The molecule has 1 atom stereocenters. The Balaban J connectivity index is 1.40. The number of nitrogens with zero attached hydrogens (tertiary/aromatic N) is 5. The van der Waals surface area contributed by atoms with Crippen molar-refractivity contribution in [3.63, 3.8) is 0 Å². The van der Waals surface area contributed by atoms with Crippen molar-refractivity contribution in [2.45, 2.75) is 18.8 Å². The van der Waals surface area contributed by atoms with E-state index < -0.39 is 0 Å². The summed E-state index contributed by atoms with van der Waals surface area (Å²) in [6, 6.07) is 7.26. The molecule has 2 aromatic heterocycles. The molecule has 2 amide bonds. The van der Waals surface area contributed by atoms with Crippen molar-refractivity contribution in [2.24, 2.45) is 0 Å². The summed E-state index contributed by atoms with van der Waals surface area (Å²) < 4.78 is 5.07. The van der Waals surface area contributed by atoms with Gasteiger partial charge in [0.15, 0.2) is 0 Å². The zero-order chi connectivity index (χ0) is 21.8. The summed E-state index contributed by atoms with van der Waals surface area (Å²) in [5.74, 6) is 0.668. The van der Waals surface area contributed by atoms with Crippen LogP contribution in [-0.2, 0) is 0 Å². The number of carbonyl (C=O) groups is 2. The molecule has 2 aliphatic rings. The van der Waals surface area contributed by atoms with Crippen LogP contribution in [0.3, 0.4) is 0 Å². The molecule has 0 N–H and O–H groups in total. The van der Waals surface area contributed by atoms with E-state index in [0.29, 0.717) is 23.6 Å². The monoisotopic (exact) mass is 423 g/mol. The second-order valence-corrected chi connectivity index (χ2v) is 8.25. The van der Waals surface area contributed by atoms with Crippen molar-refractivity contribution in [1.82, 2.24) is 24.7 Å². The van der Waals surface area contributed by atoms with Crippen LogP contribution in [0.2, 0.25) is 0 Å². The number of likely N-dealkylation sites (tertiary alicyclic amines) is 1. The lowest BCUT2D eigenvalue weighted by atomic mass is 9.93. The van der Waals surface area contributed by atoms with E-state index in [-0.39, 0.29) is 17.7 Å². The van der Waals surface area contributed by atoms with Crippen LogP contribution in [0.1, 0.15) is 45.2 Å². The molecule has 8 nitrogen and oxygen atoms in total. The van der Waals surface area contributed by atoms with Gasteiger partial charge in [-0.2, -0.15) is 0 Å². The predicted molar refractivity (Wildman–Crippen MR) is 116 cm³/mol. The highest BCUT2D eigenvalue weighted by molar-refractivity contribution is 5.94. The number of ether oxygens (including phenoxy) is 1. The second-order valence-electron chi connectivity index (χ2n) is 8.25. The number of likely N-dealkylation sites (N-methyl/N-ethyl adjacent to an activating group) is 1. The van der Waals surface area contributed by atoms with Crippen LogP contribution in [0.15, 0.2) is 36.7 Å². The van der Waals surface area contributed by atoms with Crippen molar-refractivity contribution in [1.29, 1.82) is 0 Å². The molecule has 0 bridgehead atoms. The van der Waals surface area contributed by atoms with E-state index in [1.807, 2.05) is 21.9 Å². The van der Waals surface area contributed by atoms with Gasteiger partial charge in [0.2, 0.25) is 5.88 Å². The van der Waals surface area contributed by atoms with Gasteiger partial charge in [-0.3, -0.25) is 14.6 Å². The summed E-state index contributed by atoms with van der Waals surface area (Å²) >= 11 is 0. The lowest BCUT2D eigenvalue weighted by molar-refractivity contribution is 0.0663.